The number of H-pyrrole nitrogens is 1. The lowest BCUT2D eigenvalue weighted by molar-refractivity contribution is -0.146. The molecule has 2 heterocycles. The lowest BCUT2D eigenvalue weighted by atomic mass is 9.95. The second-order valence-corrected chi connectivity index (χ2v) is 4.77. The van der Waals surface area contributed by atoms with Crippen LogP contribution in [0.15, 0.2) is 24.4 Å². The van der Waals surface area contributed by atoms with E-state index in [0.717, 1.165) is 16.5 Å². The van der Waals surface area contributed by atoms with Gasteiger partial charge in [0.15, 0.2) is 6.10 Å². The van der Waals surface area contributed by atoms with Crippen LogP contribution < -0.4 is 5.32 Å². The minimum atomic E-state index is -1.30. The number of esters is 1. The molecule has 104 valence electrons. The van der Waals surface area contributed by atoms with Crippen molar-refractivity contribution in [3.8, 4) is 0 Å². The molecule has 0 spiro atoms. The van der Waals surface area contributed by atoms with Crippen molar-refractivity contribution in [2.24, 2.45) is 0 Å². The first-order valence-corrected chi connectivity index (χ1v) is 6.27. The molecule has 0 radical (unpaired) electrons. The zero-order valence-corrected chi connectivity index (χ0v) is 10.8. The van der Waals surface area contributed by atoms with Crippen LogP contribution in [-0.2, 0) is 20.7 Å². The molecule has 1 aromatic heterocycles. The molecule has 1 aromatic carbocycles. The fourth-order valence-corrected chi connectivity index (χ4v) is 2.62. The van der Waals surface area contributed by atoms with Gasteiger partial charge in [-0.25, -0.2) is 4.79 Å². The maximum absolute atomic E-state index is 12.0. The molecule has 0 saturated heterocycles. The van der Waals surface area contributed by atoms with Gasteiger partial charge in [-0.1, -0.05) is 12.1 Å². The standard InChI is InChI=1S/C14H14N2O4/c1-20-14(19)10-5-7-6-15-9-4-2-3-8(11(7)9)12(17)13(18)16-10/h2-4,6,10,12,15,17H,5H2,1H3,(H,16,18)/t10-,12+/m0/s1. The van der Waals surface area contributed by atoms with Gasteiger partial charge in [0.05, 0.1) is 7.11 Å². The Bertz CT molecular complexity index is 692. The average Bonchev–Trinajstić information content (AvgIpc) is 2.86. The molecular weight excluding hydrogens is 260 g/mol. The van der Waals surface area contributed by atoms with Crippen LogP contribution in [0.4, 0.5) is 0 Å². The summed E-state index contributed by atoms with van der Waals surface area (Å²) >= 11 is 0. The van der Waals surface area contributed by atoms with Crippen LogP contribution >= 0.6 is 0 Å². The summed E-state index contributed by atoms with van der Waals surface area (Å²) in [6.07, 6.45) is 0.803. The molecule has 0 saturated carbocycles. The number of carbonyl (C=O) groups excluding carboxylic acids is 2. The highest BCUT2D eigenvalue weighted by Gasteiger charge is 2.31. The average molecular weight is 274 g/mol. The molecule has 6 nitrogen and oxygen atoms in total. The Morgan fingerprint density at radius 3 is 3.00 bits per heavy atom. The molecule has 0 bridgehead atoms. The van der Waals surface area contributed by atoms with E-state index < -0.39 is 24.0 Å². The Labute approximate surface area is 114 Å². The zero-order valence-electron chi connectivity index (χ0n) is 10.8. The van der Waals surface area contributed by atoms with E-state index >= 15 is 0 Å². The highest BCUT2D eigenvalue weighted by Crippen LogP contribution is 2.30. The molecular formula is C14H14N2O4. The van der Waals surface area contributed by atoms with Crippen LogP contribution in [0.3, 0.4) is 0 Å². The van der Waals surface area contributed by atoms with Gasteiger partial charge in [0, 0.05) is 23.5 Å². The van der Waals surface area contributed by atoms with Crippen LogP contribution in [0.5, 0.6) is 0 Å². The van der Waals surface area contributed by atoms with Crippen LogP contribution in [0.25, 0.3) is 10.9 Å². The van der Waals surface area contributed by atoms with E-state index in [1.165, 1.54) is 7.11 Å². The largest absolute Gasteiger partial charge is 0.467 e. The number of amides is 1. The fourth-order valence-electron chi connectivity index (χ4n) is 2.62. The van der Waals surface area contributed by atoms with Crippen LogP contribution in [0, 0.1) is 0 Å². The van der Waals surface area contributed by atoms with E-state index in [0.29, 0.717) is 12.0 Å². The van der Waals surface area contributed by atoms with Crippen molar-refractivity contribution in [1.29, 1.82) is 0 Å². The van der Waals surface area contributed by atoms with Crippen LogP contribution in [-0.4, -0.2) is 35.1 Å². The molecule has 3 N–H and O–H groups in total. The van der Waals surface area contributed by atoms with E-state index in [2.05, 4.69) is 15.0 Å². The maximum Gasteiger partial charge on any atom is 0.328 e. The third-order valence-corrected chi connectivity index (χ3v) is 3.59. The molecule has 6 heteroatoms. The van der Waals surface area contributed by atoms with E-state index in [-0.39, 0.29) is 0 Å². The molecule has 2 aromatic rings. The number of benzene rings is 1. The molecule has 1 aliphatic rings. The number of carbonyl (C=O) groups is 2. The van der Waals surface area contributed by atoms with Crippen molar-refractivity contribution in [1.82, 2.24) is 10.3 Å². The van der Waals surface area contributed by atoms with Crippen LogP contribution in [0.1, 0.15) is 17.2 Å². The number of nitrogens with one attached hydrogen (secondary N) is 2. The van der Waals surface area contributed by atoms with Gasteiger partial charge in [0.1, 0.15) is 6.04 Å². The van der Waals surface area contributed by atoms with Gasteiger partial charge < -0.3 is 20.1 Å². The van der Waals surface area contributed by atoms with Gasteiger partial charge in [0.25, 0.3) is 5.91 Å². The van der Waals surface area contributed by atoms with Gasteiger partial charge in [-0.2, -0.15) is 0 Å². The van der Waals surface area contributed by atoms with Crippen molar-refractivity contribution in [2.75, 3.05) is 7.11 Å². The zero-order chi connectivity index (χ0) is 14.3. The molecule has 3 rings (SSSR count). The number of ether oxygens (including phenoxy) is 1. The highest BCUT2D eigenvalue weighted by atomic mass is 16.5. The summed E-state index contributed by atoms with van der Waals surface area (Å²) in [4.78, 5) is 26.8. The van der Waals surface area contributed by atoms with E-state index in [1.807, 2.05) is 6.07 Å². The Balaban J connectivity index is 2.17. The number of aromatic amines is 1. The Morgan fingerprint density at radius 1 is 1.45 bits per heavy atom. The van der Waals surface area contributed by atoms with E-state index in [4.69, 9.17) is 0 Å². The number of aliphatic hydroxyl groups is 1. The number of aliphatic hydroxyl groups excluding tert-OH is 1. The maximum atomic E-state index is 12.0. The number of methoxy groups -OCH3 is 1. The minimum absolute atomic E-state index is 0.322. The first kappa shape index (κ1) is 12.7. The number of hydrogen-bond acceptors (Lipinski definition) is 4. The van der Waals surface area contributed by atoms with Crippen LogP contribution in [0.2, 0.25) is 0 Å². The molecule has 0 unspecified atom stereocenters. The normalized spacial score (nSPS) is 22.0. The first-order valence-electron chi connectivity index (χ1n) is 6.27. The van der Waals surface area contributed by atoms with Crippen molar-refractivity contribution < 1.29 is 19.4 Å². The van der Waals surface area contributed by atoms with Crippen molar-refractivity contribution in [3.05, 3.63) is 35.5 Å². The lowest BCUT2D eigenvalue weighted by Crippen LogP contribution is -2.45. The summed E-state index contributed by atoms with van der Waals surface area (Å²) in [6, 6.07) is 4.55. The molecule has 20 heavy (non-hydrogen) atoms. The van der Waals surface area contributed by atoms with Crippen molar-refractivity contribution in [3.63, 3.8) is 0 Å². The van der Waals surface area contributed by atoms with E-state index in [9.17, 15) is 14.7 Å². The summed E-state index contributed by atoms with van der Waals surface area (Å²) in [5.74, 6) is -1.13. The first-order chi connectivity index (χ1) is 9.61. The Morgan fingerprint density at radius 2 is 2.25 bits per heavy atom. The van der Waals surface area contributed by atoms with Gasteiger partial charge >= 0.3 is 5.97 Å². The predicted octanol–water partition coefficient (Wildman–Crippen LogP) is 0.415. The van der Waals surface area contributed by atoms with Gasteiger partial charge in [-0.05, 0) is 17.2 Å². The topological polar surface area (TPSA) is 91.4 Å². The number of rotatable bonds is 1. The monoisotopic (exact) mass is 274 g/mol. The molecule has 1 aliphatic heterocycles. The number of hydrogen-bond donors (Lipinski definition) is 3. The smallest absolute Gasteiger partial charge is 0.328 e. The second kappa shape index (κ2) is 4.64. The predicted molar refractivity (Wildman–Crippen MR) is 70.9 cm³/mol. The molecule has 1 amide bonds. The van der Waals surface area contributed by atoms with Crippen molar-refractivity contribution >= 4 is 22.8 Å². The van der Waals surface area contributed by atoms with Gasteiger partial charge in [-0.15, -0.1) is 0 Å². The minimum Gasteiger partial charge on any atom is -0.467 e. The summed E-state index contributed by atoms with van der Waals surface area (Å²) in [5, 5.41) is 13.5. The second-order valence-electron chi connectivity index (χ2n) is 4.77. The Hall–Kier alpha value is -2.34. The Kier molecular flexibility index (Phi) is 2.94. The molecule has 0 fully saturated rings. The van der Waals surface area contributed by atoms with E-state index in [1.54, 1.807) is 18.3 Å². The molecule has 0 aliphatic carbocycles. The summed E-state index contributed by atoms with van der Waals surface area (Å²) < 4.78 is 4.68. The summed E-state index contributed by atoms with van der Waals surface area (Å²) in [6.45, 7) is 0. The summed E-state index contributed by atoms with van der Waals surface area (Å²) in [5.41, 5.74) is 2.24. The quantitative estimate of drug-likeness (QED) is 0.657. The SMILES string of the molecule is COC(=O)[C@@H]1Cc2c[nH]c3cccc(c23)[C@@H](O)C(=O)N1. The highest BCUT2D eigenvalue weighted by molar-refractivity contribution is 5.96. The van der Waals surface area contributed by atoms with Gasteiger partial charge in [0.2, 0.25) is 0 Å². The number of aromatic nitrogens is 1. The summed E-state index contributed by atoms with van der Waals surface area (Å²) in [7, 11) is 1.27. The fraction of sp³-hybridized carbons (Fsp3) is 0.286. The lowest BCUT2D eigenvalue weighted by Gasteiger charge is -2.22. The van der Waals surface area contributed by atoms with Crippen molar-refractivity contribution in [2.45, 2.75) is 18.6 Å². The molecule has 2 atom stereocenters. The van der Waals surface area contributed by atoms with Gasteiger partial charge in [-0.3, -0.25) is 4.79 Å². The third kappa shape index (κ3) is 1.85. The third-order valence-electron chi connectivity index (χ3n) is 3.59.